The van der Waals surface area contributed by atoms with Gasteiger partial charge in [-0.25, -0.2) is 0 Å². The molecule has 0 amide bonds. The predicted molar refractivity (Wildman–Crippen MR) is 91.5 cm³/mol. The summed E-state index contributed by atoms with van der Waals surface area (Å²) < 4.78 is 11.7. The van der Waals surface area contributed by atoms with Crippen LogP contribution in [-0.4, -0.2) is 23.9 Å². The summed E-state index contributed by atoms with van der Waals surface area (Å²) in [5, 5.41) is 10.7. The lowest BCUT2D eigenvalue weighted by molar-refractivity contribution is -0.384. The van der Waals surface area contributed by atoms with E-state index in [-0.39, 0.29) is 5.69 Å². The van der Waals surface area contributed by atoms with E-state index in [0.717, 1.165) is 5.56 Å². The number of rotatable bonds is 6. The highest BCUT2D eigenvalue weighted by Crippen LogP contribution is 2.29. The fourth-order valence-electron chi connectivity index (χ4n) is 2.78. The molecule has 1 aliphatic rings. The molecule has 1 aliphatic heterocycles. The van der Waals surface area contributed by atoms with Gasteiger partial charge in [-0.3, -0.25) is 10.1 Å². The van der Waals surface area contributed by atoms with Gasteiger partial charge in [0.1, 0.15) is 0 Å². The molecular weight excluding hydrogens is 306 g/mol. The van der Waals surface area contributed by atoms with Crippen LogP contribution in [0.5, 0.6) is 0 Å². The maximum absolute atomic E-state index is 10.7. The molecule has 1 saturated heterocycles. The van der Waals surface area contributed by atoms with E-state index >= 15 is 0 Å². The van der Waals surface area contributed by atoms with Crippen LogP contribution in [0.3, 0.4) is 0 Å². The third-order valence-electron chi connectivity index (χ3n) is 3.97. The monoisotopic (exact) mass is 325 g/mol. The van der Waals surface area contributed by atoms with Gasteiger partial charge in [0.25, 0.3) is 5.69 Å². The summed E-state index contributed by atoms with van der Waals surface area (Å²) >= 11 is 0. The molecule has 2 aromatic carbocycles. The quantitative estimate of drug-likeness (QED) is 0.595. The zero-order chi connectivity index (χ0) is 16.8. The summed E-state index contributed by atoms with van der Waals surface area (Å²) in [6, 6.07) is 16.6. The molecule has 1 heterocycles. The zero-order valence-electron chi connectivity index (χ0n) is 13.3. The smallest absolute Gasteiger partial charge is 0.269 e. The standard InChI is InChI=1S/C19H19NO4/c21-20(22)18-10-8-16(9-11-18)7-4-12-19(23-13-14-24-19)15-17-5-2-1-3-6-17/h1-11H,12-15H2/b7-4+. The van der Waals surface area contributed by atoms with E-state index in [1.54, 1.807) is 12.1 Å². The molecule has 1 fully saturated rings. The molecule has 24 heavy (non-hydrogen) atoms. The Labute approximate surface area is 140 Å². The fourth-order valence-corrected chi connectivity index (χ4v) is 2.78. The first-order chi connectivity index (χ1) is 11.7. The Hall–Kier alpha value is -2.50. The SMILES string of the molecule is O=[N+]([O-])c1ccc(/C=C/CC2(Cc3ccccc3)OCCO2)cc1. The molecule has 3 rings (SSSR count). The molecule has 0 N–H and O–H groups in total. The van der Waals surface area contributed by atoms with Crippen molar-refractivity contribution in [3.63, 3.8) is 0 Å². The highest BCUT2D eigenvalue weighted by atomic mass is 16.7. The minimum Gasteiger partial charge on any atom is -0.347 e. The largest absolute Gasteiger partial charge is 0.347 e. The number of benzene rings is 2. The maximum atomic E-state index is 10.7. The molecule has 2 aromatic rings. The summed E-state index contributed by atoms with van der Waals surface area (Å²) in [4.78, 5) is 10.3. The Morgan fingerprint density at radius 2 is 1.71 bits per heavy atom. The number of nitrogens with zero attached hydrogens (tertiary/aromatic N) is 1. The van der Waals surface area contributed by atoms with Crippen LogP contribution in [-0.2, 0) is 15.9 Å². The number of nitro benzene ring substituents is 1. The van der Waals surface area contributed by atoms with E-state index in [0.29, 0.717) is 26.1 Å². The number of ether oxygens (including phenoxy) is 2. The molecule has 5 heteroatoms. The Bertz CT molecular complexity index is 704. The lowest BCUT2D eigenvalue weighted by Crippen LogP contribution is -2.32. The van der Waals surface area contributed by atoms with Gasteiger partial charge >= 0.3 is 0 Å². The summed E-state index contributed by atoms with van der Waals surface area (Å²) in [5.41, 5.74) is 2.17. The summed E-state index contributed by atoms with van der Waals surface area (Å²) in [5.74, 6) is -0.626. The number of hydrogen-bond acceptors (Lipinski definition) is 4. The van der Waals surface area contributed by atoms with Gasteiger partial charge in [0.05, 0.1) is 18.1 Å². The third kappa shape index (κ3) is 4.07. The molecule has 124 valence electrons. The van der Waals surface area contributed by atoms with Gasteiger partial charge in [0, 0.05) is 25.0 Å². The van der Waals surface area contributed by atoms with E-state index in [4.69, 9.17) is 9.47 Å². The number of non-ortho nitro benzene ring substituents is 1. The fraction of sp³-hybridized carbons (Fsp3) is 0.263. The summed E-state index contributed by atoms with van der Waals surface area (Å²) in [6.45, 7) is 1.19. The second kappa shape index (κ2) is 7.38. The van der Waals surface area contributed by atoms with Crippen LogP contribution in [0, 0.1) is 10.1 Å². The first-order valence-electron chi connectivity index (χ1n) is 7.90. The topological polar surface area (TPSA) is 61.6 Å². The molecule has 0 aliphatic carbocycles. The van der Waals surface area contributed by atoms with Crippen molar-refractivity contribution >= 4 is 11.8 Å². The maximum Gasteiger partial charge on any atom is 0.269 e. The van der Waals surface area contributed by atoms with E-state index in [2.05, 4.69) is 12.1 Å². The first-order valence-corrected chi connectivity index (χ1v) is 7.90. The van der Waals surface area contributed by atoms with Crippen LogP contribution in [0.4, 0.5) is 5.69 Å². The molecule has 0 bridgehead atoms. The van der Waals surface area contributed by atoms with Gasteiger partial charge in [0.2, 0.25) is 0 Å². The molecule has 0 unspecified atom stereocenters. The number of nitro groups is 1. The molecule has 0 radical (unpaired) electrons. The van der Waals surface area contributed by atoms with E-state index in [9.17, 15) is 10.1 Å². The minimum atomic E-state index is -0.626. The van der Waals surface area contributed by atoms with Crippen molar-refractivity contribution in [2.24, 2.45) is 0 Å². The Morgan fingerprint density at radius 1 is 1.04 bits per heavy atom. The van der Waals surface area contributed by atoms with Crippen molar-refractivity contribution in [1.29, 1.82) is 0 Å². The predicted octanol–water partition coefficient (Wildman–Crippen LogP) is 3.98. The summed E-state index contributed by atoms with van der Waals surface area (Å²) in [6.07, 6.45) is 5.24. The van der Waals surface area contributed by atoms with Crippen molar-refractivity contribution < 1.29 is 14.4 Å². The number of hydrogen-bond donors (Lipinski definition) is 0. The van der Waals surface area contributed by atoms with Gasteiger partial charge in [0.15, 0.2) is 5.79 Å². The highest BCUT2D eigenvalue weighted by molar-refractivity contribution is 5.51. The molecular formula is C19H19NO4. The van der Waals surface area contributed by atoms with E-state index in [1.165, 1.54) is 17.7 Å². The van der Waals surface area contributed by atoms with Crippen LogP contribution >= 0.6 is 0 Å². The summed E-state index contributed by atoms with van der Waals surface area (Å²) in [7, 11) is 0. The first kappa shape index (κ1) is 16.4. The van der Waals surface area contributed by atoms with Crippen LogP contribution < -0.4 is 0 Å². The Morgan fingerprint density at radius 3 is 2.33 bits per heavy atom. The zero-order valence-corrected chi connectivity index (χ0v) is 13.3. The third-order valence-corrected chi connectivity index (χ3v) is 3.97. The average Bonchev–Trinajstić information content (AvgIpc) is 3.05. The van der Waals surface area contributed by atoms with Gasteiger partial charge < -0.3 is 9.47 Å². The van der Waals surface area contributed by atoms with Crippen molar-refractivity contribution in [1.82, 2.24) is 0 Å². The molecule has 0 atom stereocenters. The second-order valence-electron chi connectivity index (χ2n) is 5.73. The van der Waals surface area contributed by atoms with Crippen LogP contribution in [0.25, 0.3) is 6.08 Å². The van der Waals surface area contributed by atoms with Gasteiger partial charge in [-0.1, -0.05) is 42.5 Å². The average molecular weight is 325 g/mol. The lowest BCUT2D eigenvalue weighted by Gasteiger charge is -2.26. The molecule has 0 spiro atoms. The van der Waals surface area contributed by atoms with Gasteiger partial charge in [-0.05, 0) is 23.3 Å². The second-order valence-corrected chi connectivity index (χ2v) is 5.73. The van der Waals surface area contributed by atoms with E-state index < -0.39 is 10.7 Å². The van der Waals surface area contributed by atoms with Crippen molar-refractivity contribution in [3.05, 3.63) is 81.9 Å². The molecule has 0 aromatic heterocycles. The van der Waals surface area contributed by atoms with E-state index in [1.807, 2.05) is 30.4 Å². The normalized spacial score (nSPS) is 16.5. The van der Waals surface area contributed by atoms with Gasteiger partial charge in [-0.15, -0.1) is 0 Å². The molecule has 5 nitrogen and oxygen atoms in total. The Kier molecular flexibility index (Phi) is 5.03. The van der Waals surface area contributed by atoms with Crippen molar-refractivity contribution in [2.45, 2.75) is 18.6 Å². The van der Waals surface area contributed by atoms with Crippen LogP contribution in [0.2, 0.25) is 0 Å². The Balaban J connectivity index is 1.66. The highest BCUT2D eigenvalue weighted by Gasteiger charge is 2.35. The van der Waals surface area contributed by atoms with Crippen molar-refractivity contribution in [3.8, 4) is 0 Å². The lowest BCUT2D eigenvalue weighted by atomic mass is 10.0. The van der Waals surface area contributed by atoms with Crippen LogP contribution in [0.15, 0.2) is 60.7 Å². The van der Waals surface area contributed by atoms with Crippen LogP contribution in [0.1, 0.15) is 17.5 Å². The van der Waals surface area contributed by atoms with Gasteiger partial charge in [-0.2, -0.15) is 0 Å². The molecule has 0 saturated carbocycles. The minimum absolute atomic E-state index is 0.0927. The van der Waals surface area contributed by atoms with Crippen molar-refractivity contribution in [2.75, 3.05) is 13.2 Å².